The van der Waals surface area contributed by atoms with E-state index >= 15 is 0 Å². The summed E-state index contributed by atoms with van der Waals surface area (Å²) in [6.45, 7) is 4.28. The number of nitrogens with zero attached hydrogens (tertiary/aromatic N) is 2. The Bertz CT molecular complexity index is 429. The number of nitrogen functional groups attached to an aromatic ring is 1. The summed E-state index contributed by atoms with van der Waals surface area (Å²) in [5.41, 5.74) is 7.69. The average Bonchev–Trinajstić information content (AvgIpc) is 2.49. The molecule has 0 aliphatic carbocycles. The Morgan fingerprint density at radius 1 is 1.38 bits per heavy atom. The largest absolute Gasteiger partial charge is 0.396 e. The summed E-state index contributed by atoms with van der Waals surface area (Å²) in [5, 5.41) is 1.11. The normalized spacial score (nSPS) is 11.3. The third-order valence-electron chi connectivity index (χ3n) is 2.20. The number of pyridine rings is 1. The molecule has 0 aliphatic heterocycles. The van der Waals surface area contributed by atoms with Gasteiger partial charge in [-0.3, -0.25) is 4.98 Å². The van der Waals surface area contributed by atoms with Crippen molar-refractivity contribution in [2.75, 3.05) is 5.73 Å². The van der Waals surface area contributed by atoms with E-state index in [1.165, 1.54) is 0 Å². The molecular weight excluding hydrogens is 162 g/mol. The van der Waals surface area contributed by atoms with Crippen molar-refractivity contribution in [3.8, 4) is 0 Å². The van der Waals surface area contributed by atoms with Gasteiger partial charge in [0, 0.05) is 23.8 Å². The molecule has 0 radical (unpaired) electrons. The molecule has 2 N–H and O–H groups in total. The fourth-order valence-corrected chi connectivity index (χ4v) is 1.57. The first-order valence-electron chi connectivity index (χ1n) is 4.40. The highest BCUT2D eigenvalue weighted by molar-refractivity contribution is 5.89. The van der Waals surface area contributed by atoms with Crippen molar-refractivity contribution in [3.05, 3.63) is 24.7 Å². The molecule has 0 aliphatic rings. The van der Waals surface area contributed by atoms with Crippen LogP contribution in [-0.2, 0) is 0 Å². The molecule has 0 amide bonds. The van der Waals surface area contributed by atoms with Crippen LogP contribution in [0.2, 0.25) is 0 Å². The lowest BCUT2D eigenvalue weighted by Crippen LogP contribution is -2.00. The summed E-state index contributed by atoms with van der Waals surface area (Å²) in [6.07, 6.45) is 5.58. The van der Waals surface area contributed by atoms with Gasteiger partial charge in [0.2, 0.25) is 0 Å². The van der Waals surface area contributed by atoms with Gasteiger partial charge in [0.1, 0.15) is 0 Å². The van der Waals surface area contributed by atoms with E-state index in [9.17, 15) is 0 Å². The van der Waals surface area contributed by atoms with Crippen LogP contribution >= 0.6 is 0 Å². The van der Waals surface area contributed by atoms with Gasteiger partial charge in [-0.25, -0.2) is 0 Å². The van der Waals surface area contributed by atoms with Crippen molar-refractivity contribution in [1.82, 2.24) is 9.55 Å². The SMILES string of the molecule is CC(C)n1ccc2cncc(N)c21. The van der Waals surface area contributed by atoms with E-state index in [-0.39, 0.29) is 0 Å². The second-order valence-electron chi connectivity index (χ2n) is 3.48. The molecule has 3 heteroatoms. The van der Waals surface area contributed by atoms with Crippen LogP contribution in [0.3, 0.4) is 0 Å². The molecule has 0 saturated carbocycles. The number of hydrogen-bond acceptors (Lipinski definition) is 2. The molecule has 3 nitrogen and oxygen atoms in total. The fraction of sp³-hybridized carbons (Fsp3) is 0.300. The van der Waals surface area contributed by atoms with E-state index in [4.69, 9.17) is 5.73 Å². The minimum absolute atomic E-state index is 0.433. The highest BCUT2D eigenvalue weighted by atomic mass is 15.0. The van der Waals surface area contributed by atoms with Gasteiger partial charge in [0.05, 0.1) is 17.4 Å². The van der Waals surface area contributed by atoms with E-state index in [2.05, 4.69) is 23.4 Å². The summed E-state index contributed by atoms with van der Waals surface area (Å²) < 4.78 is 2.16. The second-order valence-corrected chi connectivity index (χ2v) is 3.48. The van der Waals surface area contributed by atoms with E-state index in [0.29, 0.717) is 6.04 Å². The summed E-state index contributed by atoms with van der Waals surface area (Å²) >= 11 is 0. The first kappa shape index (κ1) is 8.10. The lowest BCUT2D eigenvalue weighted by molar-refractivity contribution is 0.623. The molecule has 2 rings (SSSR count). The Morgan fingerprint density at radius 3 is 2.85 bits per heavy atom. The van der Waals surface area contributed by atoms with Crippen molar-refractivity contribution in [2.45, 2.75) is 19.9 Å². The highest BCUT2D eigenvalue weighted by Gasteiger charge is 2.06. The van der Waals surface area contributed by atoms with Gasteiger partial charge in [-0.1, -0.05) is 0 Å². The molecule has 0 aromatic carbocycles. The number of nitrogens with two attached hydrogens (primary N) is 1. The molecule has 0 atom stereocenters. The molecule has 0 saturated heterocycles. The van der Waals surface area contributed by atoms with Gasteiger partial charge in [-0.15, -0.1) is 0 Å². The van der Waals surface area contributed by atoms with Gasteiger partial charge >= 0.3 is 0 Å². The molecule has 0 spiro atoms. The van der Waals surface area contributed by atoms with Crippen LogP contribution in [0, 0.1) is 0 Å². The van der Waals surface area contributed by atoms with Gasteiger partial charge < -0.3 is 10.3 Å². The van der Waals surface area contributed by atoms with Crippen LogP contribution in [0.5, 0.6) is 0 Å². The summed E-state index contributed by atoms with van der Waals surface area (Å²) in [4.78, 5) is 4.05. The summed E-state index contributed by atoms with van der Waals surface area (Å²) in [6, 6.07) is 2.47. The summed E-state index contributed by atoms with van der Waals surface area (Å²) in [7, 11) is 0. The molecule has 2 aromatic rings. The standard InChI is InChI=1S/C10H13N3/c1-7(2)13-4-3-8-5-12-6-9(11)10(8)13/h3-7H,11H2,1-2H3. The Hall–Kier alpha value is -1.51. The Kier molecular flexibility index (Phi) is 1.72. The topological polar surface area (TPSA) is 43.8 Å². The first-order valence-corrected chi connectivity index (χ1v) is 4.40. The zero-order chi connectivity index (χ0) is 9.42. The van der Waals surface area contributed by atoms with Crippen molar-refractivity contribution in [1.29, 1.82) is 0 Å². The molecular formula is C10H13N3. The van der Waals surface area contributed by atoms with Crippen molar-refractivity contribution in [3.63, 3.8) is 0 Å². The molecule has 0 fully saturated rings. The molecule has 68 valence electrons. The highest BCUT2D eigenvalue weighted by Crippen LogP contribution is 2.23. The molecule has 13 heavy (non-hydrogen) atoms. The maximum absolute atomic E-state index is 5.86. The zero-order valence-corrected chi connectivity index (χ0v) is 7.86. The first-order chi connectivity index (χ1) is 6.20. The average molecular weight is 175 g/mol. The lowest BCUT2D eigenvalue weighted by atomic mass is 10.3. The summed E-state index contributed by atoms with van der Waals surface area (Å²) in [5.74, 6) is 0. The van der Waals surface area contributed by atoms with Gasteiger partial charge in [-0.05, 0) is 19.9 Å². The smallest absolute Gasteiger partial charge is 0.0748 e. The van der Waals surface area contributed by atoms with Gasteiger partial charge in [-0.2, -0.15) is 0 Å². The van der Waals surface area contributed by atoms with Crippen molar-refractivity contribution >= 4 is 16.6 Å². The maximum atomic E-state index is 5.86. The zero-order valence-electron chi connectivity index (χ0n) is 7.86. The van der Waals surface area contributed by atoms with E-state index in [0.717, 1.165) is 16.6 Å². The molecule has 2 aromatic heterocycles. The lowest BCUT2D eigenvalue weighted by Gasteiger charge is -2.10. The molecule has 0 bridgehead atoms. The minimum Gasteiger partial charge on any atom is -0.396 e. The number of aromatic nitrogens is 2. The third-order valence-corrected chi connectivity index (χ3v) is 2.20. The maximum Gasteiger partial charge on any atom is 0.0748 e. The van der Waals surface area contributed by atoms with Gasteiger partial charge in [0.25, 0.3) is 0 Å². The van der Waals surface area contributed by atoms with E-state index < -0.39 is 0 Å². The minimum atomic E-state index is 0.433. The predicted molar refractivity (Wildman–Crippen MR) is 54.5 cm³/mol. The Balaban J connectivity index is 2.79. The van der Waals surface area contributed by atoms with Crippen molar-refractivity contribution < 1.29 is 0 Å². The third kappa shape index (κ3) is 1.16. The number of rotatable bonds is 1. The van der Waals surface area contributed by atoms with Crippen LogP contribution in [0.25, 0.3) is 10.9 Å². The quantitative estimate of drug-likeness (QED) is 0.722. The Morgan fingerprint density at radius 2 is 2.15 bits per heavy atom. The van der Waals surface area contributed by atoms with Gasteiger partial charge in [0.15, 0.2) is 0 Å². The monoisotopic (exact) mass is 175 g/mol. The van der Waals surface area contributed by atoms with E-state index in [1.807, 2.05) is 18.5 Å². The second kappa shape index (κ2) is 2.76. The number of fused-ring (bicyclic) bond motifs is 1. The van der Waals surface area contributed by atoms with Crippen LogP contribution < -0.4 is 5.73 Å². The van der Waals surface area contributed by atoms with Crippen molar-refractivity contribution in [2.24, 2.45) is 0 Å². The number of hydrogen-bond donors (Lipinski definition) is 1. The predicted octanol–water partition coefficient (Wildman–Crippen LogP) is 2.20. The fourth-order valence-electron chi connectivity index (χ4n) is 1.57. The van der Waals surface area contributed by atoms with Crippen LogP contribution in [0.15, 0.2) is 24.7 Å². The number of anilines is 1. The van der Waals surface area contributed by atoms with Crippen LogP contribution in [0.1, 0.15) is 19.9 Å². The molecule has 0 unspecified atom stereocenters. The molecule has 2 heterocycles. The Labute approximate surface area is 77.2 Å². The van der Waals surface area contributed by atoms with Crippen LogP contribution in [-0.4, -0.2) is 9.55 Å². The van der Waals surface area contributed by atoms with E-state index in [1.54, 1.807) is 6.20 Å². The van der Waals surface area contributed by atoms with Crippen LogP contribution in [0.4, 0.5) is 5.69 Å².